The fraction of sp³-hybridized carbons (Fsp3) is 0.267. The Kier molecular flexibility index (Phi) is 3.62. The zero-order valence-corrected chi connectivity index (χ0v) is 11.7. The van der Waals surface area contributed by atoms with Crippen molar-refractivity contribution in [1.82, 2.24) is 14.9 Å². The van der Waals surface area contributed by atoms with Crippen LogP contribution in [0.5, 0.6) is 0 Å². The van der Waals surface area contributed by atoms with E-state index in [0.717, 1.165) is 13.0 Å². The molecule has 3 heterocycles. The van der Waals surface area contributed by atoms with Gasteiger partial charge >= 0.3 is 0 Å². The average molecular weight is 271 g/mol. The van der Waals surface area contributed by atoms with Gasteiger partial charge in [-0.1, -0.05) is 19.1 Å². The minimum Gasteiger partial charge on any atom is -0.305 e. The summed E-state index contributed by atoms with van der Waals surface area (Å²) in [6.45, 7) is 3.20. The van der Waals surface area contributed by atoms with Crippen molar-refractivity contribution in [2.24, 2.45) is 0 Å². The molecule has 0 aliphatic rings. The van der Waals surface area contributed by atoms with E-state index in [9.17, 15) is 0 Å². The maximum Gasteiger partial charge on any atom is 0.0713 e. The lowest BCUT2D eigenvalue weighted by atomic mass is 10.1. The number of fused-ring (bicyclic) bond motifs is 1. The number of pyridine rings is 1. The lowest BCUT2D eigenvalue weighted by molar-refractivity contribution is 0.609. The first-order valence-corrected chi connectivity index (χ1v) is 7.47. The Labute approximate surface area is 116 Å². The largest absolute Gasteiger partial charge is 0.305 e. The Balaban J connectivity index is 2.03. The Morgan fingerprint density at radius 2 is 2.26 bits per heavy atom. The van der Waals surface area contributed by atoms with E-state index in [1.54, 1.807) is 11.3 Å². The van der Waals surface area contributed by atoms with Crippen molar-refractivity contribution in [3.05, 3.63) is 58.5 Å². The minimum absolute atomic E-state index is 0.236. The monoisotopic (exact) mass is 271 g/mol. The zero-order valence-electron chi connectivity index (χ0n) is 10.9. The molecule has 3 rings (SSSR count). The molecule has 0 spiro atoms. The number of thiophene rings is 1. The molecule has 0 aromatic carbocycles. The Morgan fingerprint density at radius 1 is 1.32 bits per heavy atom. The normalized spacial score (nSPS) is 12.9. The molecule has 98 valence electrons. The molecular weight excluding hydrogens is 254 g/mol. The van der Waals surface area contributed by atoms with E-state index >= 15 is 0 Å². The van der Waals surface area contributed by atoms with E-state index in [1.165, 1.54) is 16.0 Å². The summed E-state index contributed by atoms with van der Waals surface area (Å²) in [5.74, 6) is 0. The fourth-order valence-electron chi connectivity index (χ4n) is 2.28. The number of hydrogen-bond donors (Lipinski definition) is 1. The van der Waals surface area contributed by atoms with Crippen molar-refractivity contribution in [1.29, 1.82) is 0 Å². The number of nitrogens with one attached hydrogen (secondary N) is 1. The topological polar surface area (TPSA) is 29.3 Å². The molecule has 0 bridgehead atoms. The van der Waals surface area contributed by atoms with Crippen LogP contribution in [0.3, 0.4) is 0 Å². The first-order valence-electron chi connectivity index (χ1n) is 6.59. The van der Waals surface area contributed by atoms with Crippen molar-refractivity contribution in [3.63, 3.8) is 0 Å². The molecular formula is C15H17N3S. The molecule has 1 unspecified atom stereocenters. The summed E-state index contributed by atoms with van der Waals surface area (Å²) in [5.41, 5.74) is 2.42. The molecule has 0 fully saturated rings. The van der Waals surface area contributed by atoms with E-state index < -0.39 is 0 Å². The van der Waals surface area contributed by atoms with Crippen LogP contribution < -0.4 is 5.32 Å². The second-order valence-electron chi connectivity index (χ2n) is 4.53. The van der Waals surface area contributed by atoms with E-state index in [2.05, 4.69) is 47.0 Å². The van der Waals surface area contributed by atoms with Crippen molar-refractivity contribution >= 4 is 16.9 Å². The van der Waals surface area contributed by atoms with Crippen molar-refractivity contribution < 1.29 is 0 Å². The van der Waals surface area contributed by atoms with Gasteiger partial charge < -0.3 is 5.32 Å². The summed E-state index contributed by atoms with van der Waals surface area (Å²) in [4.78, 5) is 1.34. The molecule has 3 aromatic heterocycles. The number of hydrogen-bond acceptors (Lipinski definition) is 3. The van der Waals surface area contributed by atoms with Crippen molar-refractivity contribution in [2.45, 2.75) is 19.4 Å². The molecule has 1 N–H and O–H groups in total. The molecule has 0 aliphatic carbocycles. The van der Waals surface area contributed by atoms with Gasteiger partial charge in [0, 0.05) is 16.6 Å². The van der Waals surface area contributed by atoms with Gasteiger partial charge in [-0.2, -0.15) is 5.10 Å². The van der Waals surface area contributed by atoms with Crippen LogP contribution >= 0.6 is 11.3 Å². The SMILES string of the molecule is CCCNC(c1cccs1)c1cnn2ccccc12. The van der Waals surface area contributed by atoms with Crippen LogP contribution in [0.25, 0.3) is 5.52 Å². The molecule has 0 saturated carbocycles. The highest BCUT2D eigenvalue weighted by molar-refractivity contribution is 7.10. The maximum absolute atomic E-state index is 4.44. The van der Waals surface area contributed by atoms with Crippen LogP contribution in [0.15, 0.2) is 48.1 Å². The Morgan fingerprint density at radius 3 is 3.05 bits per heavy atom. The summed E-state index contributed by atoms with van der Waals surface area (Å²) in [6, 6.07) is 10.7. The number of aromatic nitrogens is 2. The summed E-state index contributed by atoms with van der Waals surface area (Å²) in [5, 5.41) is 10.2. The second kappa shape index (κ2) is 5.55. The minimum atomic E-state index is 0.236. The van der Waals surface area contributed by atoms with Crippen LogP contribution in [0.2, 0.25) is 0 Å². The zero-order chi connectivity index (χ0) is 13.1. The molecule has 0 saturated heterocycles. The van der Waals surface area contributed by atoms with E-state index in [1.807, 2.05) is 23.0 Å². The van der Waals surface area contributed by atoms with Gasteiger partial charge in [-0.05, 0) is 36.5 Å². The molecule has 0 radical (unpaired) electrons. The first kappa shape index (κ1) is 12.4. The van der Waals surface area contributed by atoms with Crippen LogP contribution in [0.1, 0.15) is 29.8 Å². The second-order valence-corrected chi connectivity index (χ2v) is 5.51. The molecule has 3 aromatic rings. The molecule has 0 aliphatic heterocycles. The van der Waals surface area contributed by atoms with Gasteiger partial charge in [0.05, 0.1) is 17.8 Å². The highest BCUT2D eigenvalue weighted by atomic mass is 32.1. The van der Waals surface area contributed by atoms with Crippen molar-refractivity contribution in [3.8, 4) is 0 Å². The summed E-state index contributed by atoms with van der Waals surface area (Å²) in [6.07, 6.45) is 5.09. The van der Waals surface area contributed by atoms with Gasteiger partial charge in [0.25, 0.3) is 0 Å². The van der Waals surface area contributed by atoms with Gasteiger partial charge in [-0.3, -0.25) is 0 Å². The summed E-state index contributed by atoms with van der Waals surface area (Å²) >= 11 is 1.79. The number of rotatable bonds is 5. The van der Waals surface area contributed by atoms with Gasteiger partial charge in [0.2, 0.25) is 0 Å². The van der Waals surface area contributed by atoms with Gasteiger partial charge in [-0.15, -0.1) is 11.3 Å². The van der Waals surface area contributed by atoms with Crippen LogP contribution in [-0.2, 0) is 0 Å². The van der Waals surface area contributed by atoms with Gasteiger partial charge in [0.15, 0.2) is 0 Å². The smallest absolute Gasteiger partial charge is 0.0713 e. The summed E-state index contributed by atoms with van der Waals surface area (Å²) in [7, 11) is 0. The van der Waals surface area contributed by atoms with Gasteiger partial charge in [0.1, 0.15) is 0 Å². The average Bonchev–Trinajstić information content (AvgIpc) is 3.09. The fourth-order valence-corrected chi connectivity index (χ4v) is 3.10. The third-order valence-electron chi connectivity index (χ3n) is 3.19. The van der Waals surface area contributed by atoms with E-state index in [0.29, 0.717) is 0 Å². The first-order chi connectivity index (χ1) is 9.40. The lowest BCUT2D eigenvalue weighted by Gasteiger charge is -2.16. The predicted octanol–water partition coefficient (Wildman–Crippen LogP) is 3.48. The molecule has 0 amide bonds. The van der Waals surface area contributed by atoms with Gasteiger partial charge in [-0.25, -0.2) is 4.52 Å². The predicted molar refractivity (Wildman–Crippen MR) is 79.6 cm³/mol. The van der Waals surface area contributed by atoms with Crippen LogP contribution in [0.4, 0.5) is 0 Å². The maximum atomic E-state index is 4.44. The Hall–Kier alpha value is -1.65. The Bertz CT molecular complexity index is 642. The number of nitrogens with zero attached hydrogens (tertiary/aromatic N) is 2. The van der Waals surface area contributed by atoms with E-state index in [-0.39, 0.29) is 6.04 Å². The molecule has 1 atom stereocenters. The third-order valence-corrected chi connectivity index (χ3v) is 4.13. The lowest BCUT2D eigenvalue weighted by Crippen LogP contribution is -2.22. The van der Waals surface area contributed by atoms with Crippen molar-refractivity contribution in [2.75, 3.05) is 6.54 Å². The molecule has 4 heteroatoms. The van der Waals surface area contributed by atoms with Crippen LogP contribution in [-0.4, -0.2) is 16.2 Å². The molecule has 3 nitrogen and oxygen atoms in total. The highest BCUT2D eigenvalue weighted by Gasteiger charge is 2.18. The third kappa shape index (κ3) is 2.41. The van der Waals surface area contributed by atoms with E-state index in [4.69, 9.17) is 0 Å². The quantitative estimate of drug-likeness (QED) is 0.769. The van der Waals surface area contributed by atoms with Crippen LogP contribution in [0, 0.1) is 0 Å². The molecule has 19 heavy (non-hydrogen) atoms. The standard InChI is InChI=1S/C15H17N3S/c1-2-8-16-15(14-7-5-10-19-14)12-11-17-18-9-4-3-6-13(12)18/h3-7,9-11,15-16H,2,8H2,1H3. The highest BCUT2D eigenvalue weighted by Crippen LogP contribution is 2.28. The summed E-state index contributed by atoms with van der Waals surface area (Å²) < 4.78 is 1.93.